The third kappa shape index (κ3) is 4.92. The summed E-state index contributed by atoms with van der Waals surface area (Å²) in [6.07, 6.45) is 0.213. The molecule has 7 heteroatoms. The Kier molecular flexibility index (Phi) is 6.08. The molecule has 24 heavy (non-hydrogen) atoms. The number of hydrogen-bond acceptors (Lipinski definition) is 5. The van der Waals surface area contributed by atoms with Crippen molar-refractivity contribution in [2.24, 2.45) is 0 Å². The van der Waals surface area contributed by atoms with E-state index in [1.807, 2.05) is 5.38 Å². The zero-order valence-corrected chi connectivity index (χ0v) is 14.2. The second kappa shape index (κ2) is 8.26. The van der Waals surface area contributed by atoms with Crippen molar-refractivity contribution in [3.05, 3.63) is 40.6 Å². The van der Waals surface area contributed by atoms with E-state index in [2.05, 4.69) is 10.6 Å². The van der Waals surface area contributed by atoms with E-state index >= 15 is 0 Å². The number of carbonyl (C=O) groups is 3. The van der Waals surface area contributed by atoms with E-state index in [0.717, 1.165) is 0 Å². The number of ketones is 1. The van der Waals surface area contributed by atoms with Gasteiger partial charge in [-0.1, -0.05) is 6.07 Å². The number of anilines is 2. The number of rotatable bonds is 7. The highest BCUT2D eigenvalue weighted by Gasteiger charge is 2.13. The molecule has 0 aliphatic heterocycles. The van der Waals surface area contributed by atoms with Crippen molar-refractivity contribution in [2.75, 3.05) is 17.7 Å². The quantitative estimate of drug-likeness (QED) is 0.753. The van der Waals surface area contributed by atoms with Crippen molar-refractivity contribution in [3.63, 3.8) is 0 Å². The van der Waals surface area contributed by atoms with Gasteiger partial charge in [-0.15, -0.1) is 11.3 Å². The molecule has 0 radical (unpaired) electrons. The van der Waals surface area contributed by atoms with Crippen LogP contribution in [-0.2, 0) is 9.59 Å². The number of carbonyl (C=O) groups excluding carboxylic acids is 3. The summed E-state index contributed by atoms with van der Waals surface area (Å²) >= 11 is 1.36. The van der Waals surface area contributed by atoms with Gasteiger partial charge < -0.3 is 15.4 Å². The van der Waals surface area contributed by atoms with Crippen molar-refractivity contribution in [3.8, 4) is 5.75 Å². The average Bonchev–Trinajstić information content (AvgIpc) is 3.07. The molecule has 0 saturated carbocycles. The zero-order valence-electron chi connectivity index (χ0n) is 13.4. The van der Waals surface area contributed by atoms with Gasteiger partial charge in [0.2, 0.25) is 11.8 Å². The highest BCUT2D eigenvalue weighted by atomic mass is 32.1. The summed E-state index contributed by atoms with van der Waals surface area (Å²) in [5, 5.41) is 7.18. The van der Waals surface area contributed by atoms with Crippen LogP contribution in [-0.4, -0.2) is 24.7 Å². The maximum Gasteiger partial charge on any atom is 0.224 e. The van der Waals surface area contributed by atoms with Crippen LogP contribution in [0.25, 0.3) is 0 Å². The molecule has 0 saturated heterocycles. The van der Waals surface area contributed by atoms with E-state index in [4.69, 9.17) is 4.74 Å². The molecule has 1 aromatic carbocycles. The van der Waals surface area contributed by atoms with Gasteiger partial charge in [-0.3, -0.25) is 14.4 Å². The Morgan fingerprint density at radius 3 is 2.54 bits per heavy atom. The van der Waals surface area contributed by atoms with Gasteiger partial charge in [-0.2, -0.15) is 0 Å². The normalized spacial score (nSPS) is 10.1. The lowest BCUT2D eigenvalue weighted by atomic mass is 10.2. The van der Waals surface area contributed by atoms with E-state index < -0.39 is 0 Å². The SMILES string of the molecule is COc1ccc(NC(C)=O)cc1NC(=O)CCC(=O)c1cccs1. The van der Waals surface area contributed by atoms with Crippen LogP contribution in [0.2, 0.25) is 0 Å². The van der Waals surface area contributed by atoms with Gasteiger partial charge in [0.15, 0.2) is 5.78 Å². The monoisotopic (exact) mass is 346 g/mol. The van der Waals surface area contributed by atoms with E-state index in [0.29, 0.717) is 22.0 Å². The molecule has 0 bridgehead atoms. The number of nitrogens with one attached hydrogen (secondary N) is 2. The number of amides is 2. The van der Waals surface area contributed by atoms with Crippen molar-refractivity contribution in [2.45, 2.75) is 19.8 Å². The van der Waals surface area contributed by atoms with Gasteiger partial charge in [0.25, 0.3) is 0 Å². The van der Waals surface area contributed by atoms with Gasteiger partial charge in [0.05, 0.1) is 17.7 Å². The minimum absolute atomic E-state index is 0.0564. The van der Waals surface area contributed by atoms with Crippen LogP contribution >= 0.6 is 11.3 Å². The van der Waals surface area contributed by atoms with Crippen LogP contribution in [0.5, 0.6) is 5.75 Å². The lowest BCUT2D eigenvalue weighted by Gasteiger charge is -2.12. The highest BCUT2D eigenvalue weighted by molar-refractivity contribution is 7.12. The Bertz CT molecular complexity index is 741. The predicted molar refractivity (Wildman–Crippen MR) is 93.8 cm³/mol. The van der Waals surface area contributed by atoms with Gasteiger partial charge in [0.1, 0.15) is 5.75 Å². The smallest absolute Gasteiger partial charge is 0.224 e. The van der Waals surface area contributed by atoms with E-state index in [1.54, 1.807) is 30.3 Å². The zero-order chi connectivity index (χ0) is 17.5. The second-order valence-electron chi connectivity index (χ2n) is 5.04. The second-order valence-corrected chi connectivity index (χ2v) is 5.99. The van der Waals surface area contributed by atoms with Crippen molar-refractivity contribution < 1.29 is 19.1 Å². The Hall–Kier alpha value is -2.67. The number of benzene rings is 1. The molecule has 0 aliphatic carbocycles. The summed E-state index contributed by atoms with van der Waals surface area (Å²) in [5.74, 6) is -0.0849. The standard InChI is InChI=1S/C17H18N2O4S/c1-11(20)18-12-5-7-15(23-2)13(10-12)19-17(22)8-6-14(21)16-4-3-9-24-16/h3-5,7,9-10H,6,8H2,1-2H3,(H,18,20)(H,19,22). The van der Waals surface area contributed by atoms with Crippen molar-refractivity contribution >= 4 is 40.3 Å². The molecule has 0 unspecified atom stereocenters. The highest BCUT2D eigenvalue weighted by Crippen LogP contribution is 2.28. The molecule has 2 aromatic rings. The third-order valence-corrected chi connectivity index (χ3v) is 4.08. The summed E-state index contributed by atoms with van der Waals surface area (Å²) in [4.78, 5) is 35.8. The van der Waals surface area contributed by atoms with Crippen LogP contribution in [0, 0.1) is 0 Å². The Morgan fingerprint density at radius 1 is 1.12 bits per heavy atom. The fraction of sp³-hybridized carbons (Fsp3) is 0.235. The molecule has 0 fully saturated rings. The number of methoxy groups -OCH3 is 1. The molecule has 2 N–H and O–H groups in total. The topological polar surface area (TPSA) is 84.5 Å². The minimum atomic E-state index is -0.293. The van der Waals surface area contributed by atoms with Crippen LogP contribution in [0.1, 0.15) is 29.4 Å². The fourth-order valence-corrected chi connectivity index (χ4v) is 2.78. The third-order valence-electron chi connectivity index (χ3n) is 3.17. The number of hydrogen-bond donors (Lipinski definition) is 2. The molecule has 126 valence electrons. The van der Waals surface area contributed by atoms with Gasteiger partial charge in [-0.05, 0) is 29.6 Å². The molecule has 1 aromatic heterocycles. The molecular formula is C17H18N2O4S. The van der Waals surface area contributed by atoms with Crippen molar-refractivity contribution in [1.82, 2.24) is 0 Å². The van der Waals surface area contributed by atoms with Gasteiger partial charge >= 0.3 is 0 Å². The average molecular weight is 346 g/mol. The number of Topliss-reactive ketones (excluding diaryl/α,β-unsaturated/α-hetero) is 1. The van der Waals surface area contributed by atoms with E-state index in [1.165, 1.54) is 25.4 Å². The van der Waals surface area contributed by atoms with Gasteiger partial charge in [0, 0.05) is 25.5 Å². The van der Waals surface area contributed by atoms with Crippen LogP contribution < -0.4 is 15.4 Å². The van der Waals surface area contributed by atoms with Crippen LogP contribution in [0.4, 0.5) is 11.4 Å². The molecule has 2 amide bonds. The van der Waals surface area contributed by atoms with E-state index in [-0.39, 0.29) is 30.4 Å². The fourth-order valence-electron chi connectivity index (χ4n) is 2.09. The lowest BCUT2D eigenvalue weighted by Crippen LogP contribution is -2.14. The largest absolute Gasteiger partial charge is 0.495 e. The van der Waals surface area contributed by atoms with E-state index in [9.17, 15) is 14.4 Å². The number of ether oxygens (including phenoxy) is 1. The summed E-state index contributed by atoms with van der Waals surface area (Å²) in [6.45, 7) is 1.40. The lowest BCUT2D eigenvalue weighted by molar-refractivity contribution is -0.116. The first kappa shape index (κ1) is 17.7. The summed E-state index contributed by atoms with van der Waals surface area (Å²) < 4.78 is 5.20. The first-order chi connectivity index (χ1) is 11.5. The molecule has 1 heterocycles. The Balaban J connectivity index is 1.99. The molecule has 0 atom stereocenters. The van der Waals surface area contributed by atoms with Crippen molar-refractivity contribution in [1.29, 1.82) is 0 Å². The summed E-state index contributed by atoms with van der Waals surface area (Å²) in [5.41, 5.74) is 0.991. The van der Waals surface area contributed by atoms with Crippen LogP contribution in [0.3, 0.4) is 0 Å². The first-order valence-electron chi connectivity index (χ1n) is 7.32. The van der Waals surface area contributed by atoms with Gasteiger partial charge in [-0.25, -0.2) is 0 Å². The predicted octanol–water partition coefficient (Wildman–Crippen LogP) is 3.32. The maximum absolute atomic E-state index is 12.1. The number of thiophene rings is 1. The Labute approximate surface area is 143 Å². The van der Waals surface area contributed by atoms with Crippen LogP contribution in [0.15, 0.2) is 35.7 Å². The maximum atomic E-state index is 12.1. The Morgan fingerprint density at radius 2 is 1.92 bits per heavy atom. The molecule has 0 aliphatic rings. The first-order valence-corrected chi connectivity index (χ1v) is 8.19. The minimum Gasteiger partial charge on any atom is -0.495 e. The summed E-state index contributed by atoms with van der Waals surface area (Å²) in [7, 11) is 1.49. The molecule has 6 nitrogen and oxygen atoms in total. The summed E-state index contributed by atoms with van der Waals surface area (Å²) in [6, 6.07) is 8.48. The molecular weight excluding hydrogens is 328 g/mol. The molecule has 2 rings (SSSR count). The molecule has 0 spiro atoms.